The number of unbranched alkanes of at least 4 members (excludes halogenated alkanes) is 11. The standard InChI is InChI=1S/C25H40O7S.Na/c1-2-3-4-5-6-7-8-9-10-11-14-19-31-24(26)22-17-12-13-18-23(22)25(27)32-20-15-16-21-33(28,29)30;/h12-13,17-18H,2-11,14-16,19-21H2,1H3,(H,28,29,30);/q;+1/p-1. The van der Waals surface area contributed by atoms with Gasteiger partial charge in [0.1, 0.15) is 0 Å². The summed E-state index contributed by atoms with van der Waals surface area (Å²) in [5.74, 6) is -1.73. The Morgan fingerprint density at radius 3 is 1.50 bits per heavy atom. The molecule has 0 atom stereocenters. The fourth-order valence-electron chi connectivity index (χ4n) is 3.47. The average Bonchev–Trinajstić information content (AvgIpc) is 2.78. The number of hydrogen-bond donors (Lipinski definition) is 0. The molecule has 34 heavy (non-hydrogen) atoms. The minimum atomic E-state index is -4.27. The van der Waals surface area contributed by atoms with Gasteiger partial charge in [-0.3, -0.25) is 0 Å². The molecule has 0 fully saturated rings. The molecule has 0 saturated heterocycles. The van der Waals surface area contributed by atoms with Crippen LogP contribution < -0.4 is 29.6 Å². The molecule has 0 N–H and O–H groups in total. The molecular weight excluding hydrogens is 467 g/mol. The molecule has 0 unspecified atom stereocenters. The van der Waals surface area contributed by atoms with Gasteiger partial charge in [0.25, 0.3) is 0 Å². The number of rotatable bonds is 19. The monoisotopic (exact) mass is 506 g/mol. The zero-order valence-corrected chi connectivity index (χ0v) is 23.7. The molecule has 0 saturated carbocycles. The molecule has 1 aromatic rings. The summed E-state index contributed by atoms with van der Waals surface area (Å²) in [6.45, 7) is 2.50. The maximum absolute atomic E-state index is 12.4. The van der Waals surface area contributed by atoms with Crippen molar-refractivity contribution in [2.24, 2.45) is 0 Å². The van der Waals surface area contributed by atoms with Gasteiger partial charge in [-0.25, -0.2) is 18.0 Å². The van der Waals surface area contributed by atoms with Crippen LogP contribution in [0.5, 0.6) is 0 Å². The molecule has 0 aliphatic rings. The van der Waals surface area contributed by atoms with Crippen molar-refractivity contribution in [3.8, 4) is 0 Å². The summed E-state index contributed by atoms with van der Waals surface area (Å²) in [6, 6.07) is 6.28. The molecule has 0 aliphatic carbocycles. The first-order valence-electron chi connectivity index (χ1n) is 12.2. The molecule has 1 aromatic carbocycles. The van der Waals surface area contributed by atoms with Crippen LogP contribution in [0.4, 0.5) is 0 Å². The summed E-state index contributed by atoms with van der Waals surface area (Å²) in [5, 5.41) is 0. The minimum Gasteiger partial charge on any atom is -0.748 e. The topological polar surface area (TPSA) is 110 Å². The molecule has 9 heteroatoms. The molecule has 7 nitrogen and oxygen atoms in total. The first-order chi connectivity index (χ1) is 15.8. The Morgan fingerprint density at radius 1 is 0.706 bits per heavy atom. The second kappa shape index (κ2) is 20.3. The predicted octanol–water partition coefficient (Wildman–Crippen LogP) is 2.64. The van der Waals surface area contributed by atoms with Crippen LogP contribution in [0.15, 0.2) is 24.3 Å². The van der Waals surface area contributed by atoms with E-state index >= 15 is 0 Å². The van der Waals surface area contributed by atoms with Crippen LogP contribution in [-0.2, 0) is 19.6 Å². The third kappa shape index (κ3) is 16.7. The van der Waals surface area contributed by atoms with Crippen molar-refractivity contribution in [2.45, 2.75) is 90.4 Å². The van der Waals surface area contributed by atoms with E-state index in [9.17, 15) is 22.6 Å². The Kier molecular flexibility index (Phi) is 19.7. The van der Waals surface area contributed by atoms with Gasteiger partial charge in [0, 0.05) is 5.75 Å². The number of hydrogen-bond acceptors (Lipinski definition) is 7. The van der Waals surface area contributed by atoms with Crippen LogP contribution in [0.1, 0.15) is 111 Å². The Balaban J connectivity index is 0.0000109. The van der Waals surface area contributed by atoms with Crippen molar-refractivity contribution in [1.82, 2.24) is 0 Å². The van der Waals surface area contributed by atoms with Crippen molar-refractivity contribution in [3.05, 3.63) is 35.4 Å². The van der Waals surface area contributed by atoms with Gasteiger partial charge in [0.15, 0.2) is 0 Å². The van der Waals surface area contributed by atoms with E-state index in [1.54, 1.807) is 12.1 Å². The molecular formula is C25H39NaO7S. The van der Waals surface area contributed by atoms with E-state index in [0.717, 1.165) is 19.3 Å². The van der Waals surface area contributed by atoms with Crippen LogP contribution in [0.2, 0.25) is 0 Å². The second-order valence-electron chi connectivity index (χ2n) is 8.32. The summed E-state index contributed by atoms with van der Waals surface area (Å²) in [7, 11) is -4.27. The predicted molar refractivity (Wildman–Crippen MR) is 127 cm³/mol. The van der Waals surface area contributed by atoms with Crippen LogP contribution in [-0.4, -0.2) is 43.9 Å². The Hall–Kier alpha value is -0.930. The number of carbonyl (C=O) groups is 2. The fourth-order valence-corrected chi connectivity index (χ4v) is 4.03. The van der Waals surface area contributed by atoms with Gasteiger partial charge >= 0.3 is 41.5 Å². The van der Waals surface area contributed by atoms with Crippen molar-refractivity contribution in [2.75, 3.05) is 19.0 Å². The zero-order chi connectivity index (χ0) is 24.4. The summed E-state index contributed by atoms with van der Waals surface area (Å²) >= 11 is 0. The maximum Gasteiger partial charge on any atom is 1.00 e. The van der Waals surface area contributed by atoms with Crippen molar-refractivity contribution >= 4 is 22.1 Å². The van der Waals surface area contributed by atoms with Crippen LogP contribution in [0.25, 0.3) is 0 Å². The molecule has 0 heterocycles. The van der Waals surface area contributed by atoms with E-state index in [2.05, 4.69) is 6.92 Å². The van der Waals surface area contributed by atoms with Crippen LogP contribution in [0, 0.1) is 0 Å². The molecule has 0 radical (unpaired) electrons. The zero-order valence-electron chi connectivity index (χ0n) is 20.9. The molecule has 0 amide bonds. The summed E-state index contributed by atoms with van der Waals surface area (Å²) in [5.41, 5.74) is 0.255. The molecule has 1 rings (SSSR count). The van der Waals surface area contributed by atoms with Crippen molar-refractivity contribution in [1.29, 1.82) is 0 Å². The van der Waals surface area contributed by atoms with E-state index in [1.807, 2.05) is 0 Å². The molecule has 0 aromatic heterocycles. The van der Waals surface area contributed by atoms with Gasteiger partial charge in [0.05, 0.1) is 34.5 Å². The number of benzene rings is 1. The first-order valence-corrected chi connectivity index (χ1v) is 13.8. The van der Waals surface area contributed by atoms with E-state index in [4.69, 9.17) is 9.47 Å². The Morgan fingerprint density at radius 2 is 1.09 bits per heavy atom. The second-order valence-corrected chi connectivity index (χ2v) is 9.85. The largest absolute Gasteiger partial charge is 1.00 e. The molecule has 188 valence electrons. The van der Waals surface area contributed by atoms with E-state index in [0.29, 0.717) is 6.61 Å². The van der Waals surface area contributed by atoms with Gasteiger partial charge in [-0.15, -0.1) is 0 Å². The normalized spacial score (nSPS) is 11.0. The number of carbonyl (C=O) groups excluding carboxylic acids is 2. The third-order valence-corrected chi connectivity index (χ3v) is 6.16. The third-order valence-electron chi connectivity index (χ3n) is 5.37. The quantitative estimate of drug-likeness (QED) is 0.123. The van der Waals surface area contributed by atoms with Crippen LogP contribution >= 0.6 is 0 Å². The number of esters is 2. The Bertz CT molecular complexity index is 796. The smallest absolute Gasteiger partial charge is 0.748 e. The van der Waals surface area contributed by atoms with Gasteiger partial charge in [-0.2, -0.15) is 0 Å². The number of ether oxygens (including phenoxy) is 2. The average molecular weight is 507 g/mol. The van der Waals surface area contributed by atoms with Gasteiger partial charge in [0.2, 0.25) is 0 Å². The van der Waals surface area contributed by atoms with E-state index in [1.165, 1.54) is 63.5 Å². The van der Waals surface area contributed by atoms with E-state index < -0.39 is 27.8 Å². The van der Waals surface area contributed by atoms with Gasteiger partial charge in [-0.1, -0.05) is 83.3 Å². The summed E-state index contributed by atoms with van der Waals surface area (Å²) in [6.07, 6.45) is 13.7. The first kappa shape index (κ1) is 33.1. The Labute approximate surface area is 227 Å². The van der Waals surface area contributed by atoms with E-state index in [-0.39, 0.29) is 60.1 Å². The van der Waals surface area contributed by atoms with Crippen molar-refractivity contribution < 1.29 is 61.6 Å². The SMILES string of the molecule is CCCCCCCCCCCCCOC(=O)c1ccccc1C(=O)OCCCCS(=O)(=O)[O-].[Na+]. The van der Waals surface area contributed by atoms with Crippen molar-refractivity contribution in [3.63, 3.8) is 0 Å². The summed E-state index contributed by atoms with van der Waals surface area (Å²) < 4.78 is 42.2. The van der Waals surface area contributed by atoms with Crippen LogP contribution in [0.3, 0.4) is 0 Å². The molecule has 0 spiro atoms. The fraction of sp³-hybridized carbons (Fsp3) is 0.680. The summed E-state index contributed by atoms with van der Waals surface area (Å²) in [4.78, 5) is 24.7. The van der Waals surface area contributed by atoms with Gasteiger partial charge < -0.3 is 14.0 Å². The molecule has 0 bridgehead atoms. The van der Waals surface area contributed by atoms with Gasteiger partial charge in [-0.05, 0) is 31.4 Å². The minimum absolute atomic E-state index is 0. The maximum atomic E-state index is 12.4. The molecule has 0 aliphatic heterocycles.